The van der Waals surface area contributed by atoms with Gasteiger partial charge >= 0.3 is 0 Å². The standard InChI is InChI=1S/C9H21NO2S/c1-3-6-13(11,12)7-5-9(4-2)8-10/h9H,3-8,10H2,1-2H3. The van der Waals surface area contributed by atoms with Gasteiger partial charge in [0, 0.05) is 5.75 Å². The lowest BCUT2D eigenvalue weighted by Crippen LogP contribution is -2.19. The topological polar surface area (TPSA) is 60.2 Å². The summed E-state index contributed by atoms with van der Waals surface area (Å²) in [6.07, 6.45) is 2.40. The van der Waals surface area contributed by atoms with Crippen molar-refractivity contribution in [2.24, 2.45) is 11.7 Å². The quantitative estimate of drug-likeness (QED) is 0.682. The first-order valence-electron chi connectivity index (χ1n) is 4.96. The van der Waals surface area contributed by atoms with Gasteiger partial charge in [0.15, 0.2) is 0 Å². The SMILES string of the molecule is CCCS(=O)(=O)CCC(CC)CN. The van der Waals surface area contributed by atoms with Gasteiger partial charge in [-0.05, 0) is 25.3 Å². The Hall–Kier alpha value is -0.0900. The van der Waals surface area contributed by atoms with Crippen LogP contribution in [0.4, 0.5) is 0 Å². The third kappa shape index (κ3) is 6.05. The minimum atomic E-state index is -2.80. The maximum absolute atomic E-state index is 11.3. The summed E-state index contributed by atoms with van der Waals surface area (Å²) in [6, 6.07) is 0. The van der Waals surface area contributed by atoms with Crippen molar-refractivity contribution < 1.29 is 8.42 Å². The van der Waals surface area contributed by atoms with Crippen LogP contribution in [0.1, 0.15) is 33.1 Å². The van der Waals surface area contributed by atoms with Crippen molar-refractivity contribution in [3.8, 4) is 0 Å². The predicted molar refractivity (Wildman–Crippen MR) is 56.4 cm³/mol. The van der Waals surface area contributed by atoms with E-state index in [9.17, 15) is 8.42 Å². The summed E-state index contributed by atoms with van der Waals surface area (Å²) in [5.74, 6) is 0.983. The van der Waals surface area contributed by atoms with Gasteiger partial charge in [-0.1, -0.05) is 20.3 Å². The van der Waals surface area contributed by atoms with Gasteiger partial charge in [0.05, 0.1) is 5.75 Å². The Bertz CT molecular complexity index is 208. The lowest BCUT2D eigenvalue weighted by molar-refractivity contribution is 0.499. The van der Waals surface area contributed by atoms with Crippen molar-refractivity contribution in [1.82, 2.24) is 0 Å². The highest BCUT2D eigenvalue weighted by molar-refractivity contribution is 7.91. The Morgan fingerprint density at radius 2 is 1.85 bits per heavy atom. The molecule has 0 saturated carbocycles. The van der Waals surface area contributed by atoms with Crippen LogP contribution < -0.4 is 5.73 Å². The second kappa shape index (κ2) is 6.38. The molecule has 0 spiro atoms. The fourth-order valence-corrected chi connectivity index (χ4v) is 2.77. The second-order valence-electron chi connectivity index (χ2n) is 3.45. The summed E-state index contributed by atoms with van der Waals surface area (Å²) in [5, 5.41) is 0. The van der Waals surface area contributed by atoms with Gasteiger partial charge in [0.2, 0.25) is 0 Å². The molecule has 0 aliphatic carbocycles. The van der Waals surface area contributed by atoms with E-state index in [1.807, 2.05) is 13.8 Å². The summed E-state index contributed by atoms with van der Waals surface area (Å²) >= 11 is 0. The molecule has 0 radical (unpaired) electrons. The Labute approximate surface area is 81.6 Å². The molecular formula is C9H21NO2S. The number of sulfone groups is 1. The van der Waals surface area contributed by atoms with Crippen LogP contribution in [0.5, 0.6) is 0 Å². The largest absolute Gasteiger partial charge is 0.330 e. The van der Waals surface area contributed by atoms with Crippen LogP contribution in [0.15, 0.2) is 0 Å². The Morgan fingerprint density at radius 1 is 1.23 bits per heavy atom. The molecule has 0 aromatic heterocycles. The van der Waals surface area contributed by atoms with E-state index >= 15 is 0 Å². The Morgan fingerprint density at radius 3 is 2.23 bits per heavy atom. The molecule has 0 bridgehead atoms. The summed E-state index contributed by atoms with van der Waals surface area (Å²) in [6.45, 7) is 4.53. The molecule has 0 heterocycles. The van der Waals surface area contributed by atoms with Crippen molar-refractivity contribution >= 4 is 9.84 Å². The lowest BCUT2D eigenvalue weighted by atomic mass is 10.0. The third-order valence-corrected chi connectivity index (χ3v) is 4.15. The molecular weight excluding hydrogens is 186 g/mol. The molecule has 0 rings (SSSR count). The van der Waals surface area contributed by atoms with Gasteiger partial charge in [-0.3, -0.25) is 0 Å². The Balaban J connectivity index is 3.86. The smallest absolute Gasteiger partial charge is 0.150 e. The second-order valence-corrected chi connectivity index (χ2v) is 5.75. The lowest BCUT2D eigenvalue weighted by Gasteiger charge is -2.11. The first-order valence-corrected chi connectivity index (χ1v) is 6.78. The van der Waals surface area contributed by atoms with E-state index in [1.165, 1.54) is 0 Å². The predicted octanol–water partition coefficient (Wildman–Crippen LogP) is 1.19. The zero-order valence-corrected chi connectivity index (χ0v) is 9.44. The van der Waals surface area contributed by atoms with E-state index in [4.69, 9.17) is 5.73 Å². The normalized spacial score (nSPS) is 14.4. The van der Waals surface area contributed by atoms with E-state index < -0.39 is 9.84 Å². The maximum atomic E-state index is 11.3. The van der Waals surface area contributed by atoms with Crippen molar-refractivity contribution in [2.75, 3.05) is 18.1 Å². The van der Waals surface area contributed by atoms with E-state index in [-0.39, 0.29) is 0 Å². The molecule has 0 saturated heterocycles. The number of rotatable bonds is 7. The van der Waals surface area contributed by atoms with Gasteiger partial charge in [0.1, 0.15) is 9.84 Å². The molecule has 4 heteroatoms. The monoisotopic (exact) mass is 207 g/mol. The van der Waals surface area contributed by atoms with Crippen LogP contribution in [-0.2, 0) is 9.84 Å². The van der Waals surface area contributed by atoms with Crippen LogP contribution in [0, 0.1) is 5.92 Å². The minimum absolute atomic E-state index is 0.302. The minimum Gasteiger partial charge on any atom is -0.330 e. The maximum Gasteiger partial charge on any atom is 0.150 e. The highest BCUT2D eigenvalue weighted by Gasteiger charge is 2.12. The average Bonchev–Trinajstić information content (AvgIpc) is 2.06. The number of hydrogen-bond acceptors (Lipinski definition) is 3. The molecule has 0 aliphatic heterocycles. The van der Waals surface area contributed by atoms with Crippen molar-refractivity contribution in [1.29, 1.82) is 0 Å². The van der Waals surface area contributed by atoms with Crippen LogP contribution in [0.25, 0.3) is 0 Å². The molecule has 0 aromatic carbocycles. The van der Waals surface area contributed by atoms with E-state index in [0.29, 0.717) is 30.4 Å². The zero-order chi connectivity index (χ0) is 10.3. The van der Waals surface area contributed by atoms with Gasteiger partial charge in [-0.25, -0.2) is 8.42 Å². The van der Waals surface area contributed by atoms with Crippen molar-refractivity contribution in [3.63, 3.8) is 0 Å². The fourth-order valence-electron chi connectivity index (χ4n) is 1.25. The van der Waals surface area contributed by atoms with Crippen molar-refractivity contribution in [2.45, 2.75) is 33.1 Å². The zero-order valence-electron chi connectivity index (χ0n) is 8.62. The van der Waals surface area contributed by atoms with E-state index in [1.54, 1.807) is 0 Å². The summed E-state index contributed by atoms with van der Waals surface area (Å²) in [5.41, 5.74) is 5.49. The highest BCUT2D eigenvalue weighted by atomic mass is 32.2. The van der Waals surface area contributed by atoms with Crippen molar-refractivity contribution in [3.05, 3.63) is 0 Å². The first-order chi connectivity index (χ1) is 6.05. The van der Waals surface area contributed by atoms with Gasteiger partial charge in [-0.2, -0.15) is 0 Å². The number of hydrogen-bond donors (Lipinski definition) is 1. The van der Waals surface area contributed by atoms with E-state index in [0.717, 1.165) is 12.8 Å². The molecule has 1 unspecified atom stereocenters. The van der Waals surface area contributed by atoms with Gasteiger partial charge in [-0.15, -0.1) is 0 Å². The Kier molecular flexibility index (Phi) is 6.33. The van der Waals surface area contributed by atoms with Gasteiger partial charge < -0.3 is 5.73 Å². The van der Waals surface area contributed by atoms with E-state index in [2.05, 4.69) is 0 Å². The average molecular weight is 207 g/mol. The van der Waals surface area contributed by atoms with Crippen LogP contribution in [0.3, 0.4) is 0 Å². The summed E-state index contributed by atoms with van der Waals surface area (Å²) in [4.78, 5) is 0. The molecule has 0 aromatic rings. The van der Waals surface area contributed by atoms with Crippen LogP contribution in [-0.4, -0.2) is 26.5 Å². The molecule has 1 atom stereocenters. The highest BCUT2D eigenvalue weighted by Crippen LogP contribution is 2.08. The fraction of sp³-hybridized carbons (Fsp3) is 1.00. The number of nitrogens with two attached hydrogens (primary N) is 1. The molecule has 0 aliphatic rings. The van der Waals surface area contributed by atoms with Crippen LogP contribution in [0.2, 0.25) is 0 Å². The molecule has 0 amide bonds. The van der Waals surface area contributed by atoms with Gasteiger partial charge in [0.25, 0.3) is 0 Å². The summed E-state index contributed by atoms with van der Waals surface area (Å²) < 4.78 is 22.7. The van der Waals surface area contributed by atoms with Crippen LogP contribution >= 0.6 is 0 Å². The third-order valence-electron chi connectivity index (χ3n) is 2.26. The molecule has 0 fully saturated rings. The molecule has 13 heavy (non-hydrogen) atoms. The molecule has 2 N–H and O–H groups in total. The molecule has 80 valence electrons. The first kappa shape index (κ1) is 12.9. The summed E-state index contributed by atoms with van der Waals surface area (Å²) in [7, 11) is -2.80. The molecule has 3 nitrogen and oxygen atoms in total.